The Kier molecular flexibility index (Phi) is 8.28. The van der Waals surface area contributed by atoms with E-state index in [1.807, 2.05) is 25.7 Å². The number of aliphatic hydroxyl groups excluding tert-OH is 1. The van der Waals surface area contributed by atoms with E-state index in [-0.39, 0.29) is 42.3 Å². The molecule has 0 aromatic rings. The summed E-state index contributed by atoms with van der Waals surface area (Å²) in [6.45, 7) is 22.7. The van der Waals surface area contributed by atoms with Gasteiger partial charge in [0.05, 0.1) is 35.8 Å². The molecule has 0 aromatic heterocycles. The zero-order valence-electron chi connectivity index (χ0n) is 24.3. The topological polar surface area (TPSA) is 87.2 Å². The second kappa shape index (κ2) is 10.2. The summed E-state index contributed by atoms with van der Waals surface area (Å²) in [4.78, 5) is 45.9. The maximum atomic E-state index is 14.8. The van der Waals surface area contributed by atoms with Crippen LogP contribution < -0.4 is 0 Å². The Labute approximate surface area is 227 Å². The highest BCUT2D eigenvalue weighted by Gasteiger charge is 2.78. The fraction of sp³-hybridized carbons (Fsp3) is 0.828. The molecule has 3 fully saturated rings. The van der Waals surface area contributed by atoms with Gasteiger partial charge in [-0.3, -0.25) is 14.4 Å². The van der Waals surface area contributed by atoms with Crippen LogP contribution in [0.5, 0.6) is 0 Å². The monoisotopic (exact) mass is 536 g/mol. The van der Waals surface area contributed by atoms with Crippen LogP contribution >= 0.6 is 11.8 Å². The fourth-order valence-corrected chi connectivity index (χ4v) is 9.84. The van der Waals surface area contributed by atoms with Gasteiger partial charge in [-0.05, 0) is 58.3 Å². The van der Waals surface area contributed by atoms with Gasteiger partial charge in [-0.1, -0.05) is 40.7 Å². The average Bonchev–Trinajstić information content (AvgIpc) is 3.31. The van der Waals surface area contributed by atoms with Gasteiger partial charge in [0.15, 0.2) is 0 Å². The zero-order chi connectivity index (χ0) is 28.1. The van der Waals surface area contributed by atoms with Gasteiger partial charge in [0.2, 0.25) is 11.8 Å². The molecule has 2 bridgehead atoms. The third kappa shape index (κ3) is 4.97. The molecule has 0 aliphatic carbocycles. The maximum absolute atomic E-state index is 14.8. The quantitative estimate of drug-likeness (QED) is 0.331. The highest BCUT2D eigenvalue weighted by molar-refractivity contribution is 8.02. The van der Waals surface area contributed by atoms with Crippen LogP contribution in [-0.2, 0) is 19.1 Å². The minimum absolute atomic E-state index is 0.0240. The number of esters is 1. The van der Waals surface area contributed by atoms with Crippen molar-refractivity contribution >= 4 is 29.5 Å². The first-order valence-corrected chi connectivity index (χ1v) is 14.5. The van der Waals surface area contributed by atoms with Crippen LogP contribution in [0.3, 0.4) is 0 Å². The van der Waals surface area contributed by atoms with E-state index in [0.717, 1.165) is 12.8 Å². The zero-order valence-corrected chi connectivity index (χ0v) is 25.1. The number of nitrogens with zero attached hydrogens (tertiary/aromatic N) is 2. The highest BCUT2D eigenvalue weighted by atomic mass is 32.2. The van der Waals surface area contributed by atoms with Crippen LogP contribution in [0, 0.1) is 23.2 Å². The maximum Gasteiger partial charge on any atom is 0.311 e. The summed E-state index contributed by atoms with van der Waals surface area (Å²) in [7, 11) is 0. The van der Waals surface area contributed by atoms with Crippen LogP contribution in [0.2, 0.25) is 0 Å². The van der Waals surface area contributed by atoms with E-state index in [2.05, 4.69) is 41.2 Å². The molecule has 3 saturated heterocycles. The molecule has 0 aromatic carbocycles. The molecule has 2 amide bonds. The van der Waals surface area contributed by atoms with E-state index < -0.39 is 39.0 Å². The molecule has 0 saturated carbocycles. The molecule has 210 valence electrons. The fourth-order valence-electron chi connectivity index (χ4n) is 7.52. The molecule has 3 rings (SSSR count). The standard InChI is InChI=1S/C29H48N2O5S/c1-11-15-30(27(8,9)17-26(5,6)7)24(34)22-29-14-13-28(10,37-29)21(25(35)36-12-2)20(29)23(33)31(22)19(16-32)18(3)4/h11,18-22,32H,1,12-17H2,2-10H3/t19-,20-,21+,22?,28-,29?/m0/s1. The first-order valence-electron chi connectivity index (χ1n) is 13.7. The summed E-state index contributed by atoms with van der Waals surface area (Å²) in [6.07, 6.45) is 3.92. The average molecular weight is 537 g/mol. The van der Waals surface area contributed by atoms with Crippen LogP contribution in [0.1, 0.15) is 81.6 Å². The van der Waals surface area contributed by atoms with Crippen molar-refractivity contribution in [1.29, 1.82) is 0 Å². The van der Waals surface area contributed by atoms with Gasteiger partial charge in [0.1, 0.15) is 6.04 Å². The lowest BCUT2D eigenvalue weighted by molar-refractivity contribution is -0.156. The van der Waals surface area contributed by atoms with Gasteiger partial charge in [0, 0.05) is 16.8 Å². The minimum Gasteiger partial charge on any atom is -0.466 e. The molecule has 0 radical (unpaired) electrons. The van der Waals surface area contributed by atoms with E-state index in [9.17, 15) is 19.5 Å². The smallest absolute Gasteiger partial charge is 0.311 e. The predicted octanol–water partition coefficient (Wildman–Crippen LogP) is 4.28. The number of ether oxygens (including phenoxy) is 1. The molecule has 6 atom stereocenters. The van der Waals surface area contributed by atoms with E-state index in [1.54, 1.807) is 29.7 Å². The normalized spacial score (nSPS) is 32.0. The Bertz CT molecular complexity index is 928. The lowest BCUT2D eigenvalue weighted by atomic mass is 9.66. The Hall–Kier alpha value is -1.54. The van der Waals surface area contributed by atoms with Gasteiger partial charge in [-0.15, -0.1) is 18.3 Å². The van der Waals surface area contributed by atoms with Gasteiger partial charge in [-0.25, -0.2) is 0 Å². The van der Waals surface area contributed by atoms with Crippen molar-refractivity contribution in [3.63, 3.8) is 0 Å². The SMILES string of the molecule is C=CCN(C(=O)C1N([C@@H](CO)C(C)C)C(=O)[C@@H]2[C@H](C(=O)OCC)[C@]3(C)CCC12S3)C(C)(C)CC(C)(C)C. The predicted molar refractivity (Wildman–Crippen MR) is 148 cm³/mol. The Morgan fingerprint density at radius 1 is 1.27 bits per heavy atom. The van der Waals surface area contributed by atoms with Crippen molar-refractivity contribution in [3.8, 4) is 0 Å². The molecule has 3 heterocycles. The van der Waals surface area contributed by atoms with Crippen LogP contribution in [0.25, 0.3) is 0 Å². The number of rotatable bonds is 10. The van der Waals surface area contributed by atoms with Gasteiger partial charge < -0.3 is 19.6 Å². The molecule has 1 N–H and O–H groups in total. The molecule has 37 heavy (non-hydrogen) atoms. The number of hydrogen-bond donors (Lipinski definition) is 1. The second-order valence-electron chi connectivity index (χ2n) is 13.5. The molecule has 3 aliphatic rings. The van der Waals surface area contributed by atoms with Crippen molar-refractivity contribution in [3.05, 3.63) is 12.7 Å². The summed E-state index contributed by atoms with van der Waals surface area (Å²) < 4.78 is 4.28. The molecule has 1 spiro atoms. The van der Waals surface area contributed by atoms with Gasteiger partial charge in [0.25, 0.3) is 0 Å². The molecule has 2 unspecified atom stereocenters. The minimum atomic E-state index is -0.769. The number of aliphatic hydroxyl groups is 1. The molecule has 7 nitrogen and oxygen atoms in total. The van der Waals surface area contributed by atoms with Crippen LogP contribution in [-0.4, -0.2) is 79.6 Å². The molecular formula is C29H48N2O5S. The second-order valence-corrected chi connectivity index (χ2v) is 15.4. The third-order valence-corrected chi connectivity index (χ3v) is 10.6. The Morgan fingerprint density at radius 2 is 1.89 bits per heavy atom. The van der Waals surface area contributed by atoms with Crippen molar-refractivity contribution in [2.75, 3.05) is 19.8 Å². The van der Waals surface area contributed by atoms with Crippen molar-refractivity contribution in [2.24, 2.45) is 23.2 Å². The summed E-state index contributed by atoms with van der Waals surface area (Å²) in [5.74, 6) is -1.99. The Balaban J connectivity index is 2.18. The first-order chi connectivity index (χ1) is 17.0. The van der Waals surface area contributed by atoms with E-state index in [1.165, 1.54) is 0 Å². The molecule has 8 heteroatoms. The van der Waals surface area contributed by atoms with E-state index >= 15 is 0 Å². The van der Waals surface area contributed by atoms with Crippen LogP contribution in [0.4, 0.5) is 0 Å². The summed E-state index contributed by atoms with van der Waals surface area (Å²) in [6, 6.07) is -1.29. The number of thioether (sulfide) groups is 1. The van der Waals surface area contributed by atoms with Crippen LogP contribution in [0.15, 0.2) is 12.7 Å². The summed E-state index contributed by atoms with van der Waals surface area (Å²) in [5, 5.41) is 10.4. The first kappa shape index (κ1) is 30.0. The Morgan fingerprint density at radius 3 is 2.38 bits per heavy atom. The lowest BCUT2D eigenvalue weighted by Crippen LogP contribution is -2.62. The third-order valence-electron chi connectivity index (χ3n) is 8.57. The lowest BCUT2D eigenvalue weighted by Gasteiger charge is -2.47. The number of likely N-dealkylation sites (tertiary alicyclic amines) is 1. The van der Waals surface area contributed by atoms with Crippen molar-refractivity contribution in [1.82, 2.24) is 9.80 Å². The number of carbonyl (C=O) groups excluding carboxylic acids is 3. The number of fused-ring (bicyclic) bond motifs is 1. The largest absolute Gasteiger partial charge is 0.466 e. The molecule has 3 aliphatic heterocycles. The van der Waals surface area contributed by atoms with E-state index in [0.29, 0.717) is 13.0 Å². The summed E-state index contributed by atoms with van der Waals surface area (Å²) >= 11 is 1.64. The number of amides is 2. The van der Waals surface area contributed by atoms with Crippen molar-refractivity contribution < 1.29 is 24.2 Å². The highest BCUT2D eigenvalue weighted by Crippen LogP contribution is 2.72. The number of hydrogen-bond acceptors (Lipinski definition) is 6. The van der Waals surface area contributed by atoms with Crippen molar-refractivity contribution in [2.45, 2.75) is 109 Å². The van der Waals surface area contributed by atoms with E-state index in [4.69, 9.17) is 4.74 Å². The molecular weight excluding hydrogens is 488 g/mol. The summed E-state index contributed by atoms with van der Waals surface area (Å²) in [5.41, 5.74) is -0.519. The van der Waals surface area contributed by atoms with Gasteiger partial charge >= 0.3 is 5.97 Å². The number of carbonyl (C=O) groups is 3. The van der Waals surface area contributed by atoms with Gasteiger partial charge in [-0.2, -0.15) is 0 Å².